The summed E-state index contributed by atoms with van der Waals surface area (Å²) in [6.07, 6.45) is 4.73. The number of nitrogens with two attached hydrogens (primary N) is 1. The lowest BCUT2D eigenvalue weighted by Gasteiger charge is -2.20. The summed E-state index contributed by atoms with van der Waals surface area (Å²) >= 11 is 0. The van der Waals surface area contributed by atoms with Gasteiger partial charge in [-0.05, 0) is 49.7 Å². The molecule has 25 heavy (non-hydrogen) atoms. The molecule has 6 nitrogen and oxygen atoms in total. The molecule has 1 aliphatic rings. The number of aromatic nitrogens is 1. The van der Waals surface area contributed by atoms with E-state index in [-0.39, 0.29) is 0 Å². The van der Waals surface area contributed by atoms with Gasteiger partial charge in [-0.25, -0.2) is 0 Å². The van der Waals surface area contributed by atoms with E-state index in [0.717, 1.165) is 42.8 Å². The third kappa shape index (κ3) is 2.73. The Labute approximate surface area is 147 Å². The molecular weight excluding hydrogens is 312 g/mol. The smallest absolute Gasteiger partial charge is 0.0736 e. The van der Waals surface area contributed by atoms with Gasteiger partial charge in [-0.15, -0.1) is 0 Å². The summed E-state index contributed by atoms with van der Waals surface area (Å²) in [4.78, 5) is 4.32. The van der Waals surface area contributed by atoms with Crippen LogP contribution >= 0.6 is 0 Å². The molecule has 2 aromatic carbocycles. The van der Waals surface area contributed by atoms with Gasteiger partial charge in [-0.1, -0.05) is 0 Å². The van der Waals surface area contributed by atoms with Crippen molar-refractivity contribution < 1.29 is 0 Å². The summed E-state index contributed by atoms with van der Waals surface area (Å²) in [5, 5.41) is 13.8. The Morgan fingerprint density at radius 2 is 2.12 bits per heavy atom. The Morgan fingerprint density at radius 1 is 1.20 bits per heavy atom. The number of pyridine rings is 1. The van der Waals surface area contributed by atoms with E-state index in [2.05, 4.69) is 50.3 Å². The van der Waals surface area contributed by atoms with E-state index in [1.165, 1.54) is 21.8 Å². The number of fused-ring (bicyclic) bond motifs is 2. The molecule has 130 valence electrons. The summed E-state index contributed by atoms with van der Waals surface area (Å²) in [6.45, 7) is 3.38. The first kappa shape index (κ1) is 15.9. The summed E-state index contributed by atoms with van der Waals surface area (Å²) in [5.74, 6) is 0. The second-order valence-corrected chi connectivity index (χ2v) is 6.34. The van der Waals surface area contributed by atoms with Gasteiger partial charge in [-0.3, -0.25) is 15.4 Å². The molecule has 0 bridgehead atoms. The lowest BCUT2D eigenvalue weighted by atomic mass is 10.0. The molecule has 0 saturated carbocycles. The Kier molecular flexibility index (Phi) is 4.29. The molecule has 1 aromatic heterocycles. The SMILES string of the molecule is CNCCNc1ccc2c3c(c4cnccc4cc13)NN2CCCN. The third-order valence-electron chi connectivity index (χ3n) is 4.71. The highest BCUT2D eigenvalue weighted by atomic mass is 15.5. The molecule has 1 aliphatic heterocycles. The minimum absolute atomic E-state index is 0.684. The second kappa shape index (κ2) is 6.74. The predicted octanol–water partition coefficient (Wildman–Crippen LogP) is 2.51. The van der Waals surface area contributed by atoms with Gasteiger partial charge in [0.05, 0.1) is 11.4 Å². The van der Waals surface area contributed by atoms with Gasteiger partial charge in [0.2, 0.25) is 0 Å². The summed E-state index contributed by atoms with van der Waals surface area (Å²) in [5.41, 5.74) is 12.8. The van der Waals surface area contributed by atoms with Crippen LogP contribution in [0.5, 0.6) is 0 Å². The molecule has 0 radical (unpaired) electrons. The van der Waals surface area contributed by atoms with Crippen LogP contribution in [0.15, 0.2) is 36.7 Å². The molecule has 3 aromatic rings. The zero-order valence-corrected chi connectivity index (χ0v) is 14.5. The highest BCUT2D eigenvalue weighted by molar-refractivity contribution is 6.21. The van der Waals surface area contributed by atoms with Gasteiger partial charge >= 0.3 is 0 Å². The van der Waals surface area contributed by atoms with Crippen molar-refractivity contribution in [2.75, 3.05) is 49.0 Å². The lowest BCUT2D eigenvalue weighted by Crippen LogP contribution is -2.28. The summed E-state index contributed by atoms with van der Waals surface area (Å²) in [6, 6.07) is 8.69. The molecule has 4 rings (SSSR count). The van der Waals surface area contributed by atoms with E-state index in [1.54, 1.807) is 0 Å². The van der Waals surface area contributed by atoms with Crippen LogP contribution in [0.2, 0.25) is 0 Å². The van der Waals surface area contributed by atoms with Crippen molar-refractivity contribution in [3.05, 3.63) is 36.7 Å². The number of anilines is 3. The quantitative estimate of drug-likeness (QED) is 0.392. The Bertz CT molecular complexity index is 907. The van der Waals surface area contributed by atoms with Crippen LogP contribution in [0.25, 0.3) is 21.5 Å². The molecule has 0 unspecified atom stereocenters. The third-order valence-corrected chi connectivity index (χ3v) is 4.71. The van der Waals surface area contributed by atoms with Crippen molar-refractivity contribution in [3.63, 3.8) is 0 Å². The fourth-order valence-corrected chi connectivity index (χ4v) is 3.49. The number of hydrogen-bond acceptors (Lipinski definition) is 6. The molecule has 2 heterocycles. The predicted molar refractivity (Wildman–Crippen MR) is 106 cm³/mol. The maximum Gasteiger partial charge on any atom is 0.0736 e. The maximum atomic E-state index is 5.71. The van der Waals surface area contributed by atoms with Crippen LogP contribution in [0.1, 0.15) is 6.42 Å². The van der Waals surface area contributed by atoms with Crippen LogP contribution in [0, 0.1) is 0 Å². The first-order chi connectivity index (χ1) is 12.3. The van der Waals surface area contributed by atoms with E-state index < -0.39 is 0 Å². The lowest BCUT2D eigenvalue weighted by molar-refractivity contribution is 0.797. The van der Waals surface area contributed by atoms with Crippen LogP contribution in [0.4, 0.5) is 17.1 Å². The van der Waals surface area contributed by atoms with E-state index in [1.807, 2.05) is 19.4 Å². The average Bonchev–Trinajstić information content (AvgIpc) is 3.02. The van der Waals surface area contributed by atoms with Crippen molar-refractivity contribution in [3.8, 4) is 0 Å². The molecular formula is C19H24N6. The number of nitrogens with one attached hydrogen (secondary N) is 3. The number of nitrogens with zero attached hydrogens (tertiary/aromatic N) is 2. The second-order valence-electron chi connectivity index (χ2n) is 6.34. The van der Waals surface area contributed by atoms with Gasteiger partial charge < -0.3 is 16.4 Å². The van der Waals surface area contributed by atoms with Crippen molar-refractivity contribution >= 4 is 38.6 Å². The zero-order valence-electron chi connectivity index (χ0n) is 14.5. The Balaban J connectivity index is 1.87. The molecule has 0 saturated heterocycles. The van der Waals surface area contributed by atoms with Gasteiger partial charge in [0.25, 0.3) is 0 Å². The number of benzene rings is 2. The van der Waals surface area contributed by atoms with Crippen LogP contribution in [0.3, 0.4) is 0 Å². The molecule has 0 amide bonds. The molecule has 6 heteroatoms. The van der Waals surface area contributed by atoms with Crippen molar-refractivity contribution in [2.45, 2.75) is 6.42 Å². The van der Waals surface area contributed by atoms with E-state index in [0.29, 0.717) is 6.54 Å². The summed E-state index contributed by atoms with van der Waals surface area (Å²) < 4.78 is 0. The van der Waals surface area contributed by atoms with Crippen molar-refractivity contribution in [1.82, 2.24) is 10.3 Å². The Morgan fingerprint density at radius 3 is 2.96 bits per heavy atom. The number of hydrogen-bond donors (Lipinski definition) is 4. The molecule has 0 spiro atoms. The van der Waals surface area contributed by atoms with Gasteiger partial charge in [0.15, 0.2) is 0 Å². The minimum Gasteiger partial charge on any atom is -0.383 e. The highest BCUT2D eigenvalue weighted by Gasteiger charge is 2.24. The number of rotatable bonds is 7. The Hall–Kier alpha value is -2.57. The van der Waals surface area contributed by atoms with Crippen LogP contribution < -0.4 is 26.8 Å². The topological polar surface area (TPSA) is 78.2 Å². The molecule has 0 aliphatic carbocycles. The maximum absolute atomic E-state index is 5.71. The molecule has 0 fully saturated rings. The normalized spacial score (nSPS) is 12.8. The first-order valence-electron chi connectivity index (χ1n) is 8.79. The number of likely N-dealkylation sites (N-methyl/N-ethyl adjacent to an activating group) is 1. The van der Waals surface area contributed by atoms with Gasteiger partial charge in [0.1, 0.15) is 0 Å². The van der Waals surface area contributed by atoms with Crippen LogP contribution in [-0.4, -0.2) is 38.2 Å². The first-order valence-corrected chi connectivity index (χ1v) is 8.79. The fourth-order valence-electron chi connectivity index (χ4n) is 3.49. The van der Waals surface area contributed by atoms with Gasteiger partial charge in [0, 0.05) is 53.9 Å². The average molecular weight is 336 g/mol. The van der Waals surface area contributed by atoms with E-state index in [9.17, 15) is 0 Å². The molecule has 0 atom stereocenters. The number of hydrazine groups is 1. The molecule has 5 N–H and O–H groups in total. The standard InChI is InChI=1S/C19H24N6/c1-21-8-9-23-16-3-4-17-18-14(16)11-13-5-7-22-12-15(13)19(18)24-25(17)10-2-6-20/h3-5,7,11-12,21,23-24H,2,6,8-10,20H2,1H3. The minimum atomic E-state index is 0.684. The monoisotopic (exact) mass is 336 g/mol. The van der Waals surface area contributed by atoms with Crippen molar-refractivity contribution in [2.24, 2.45) is 5.73 Å². The van der Waals surface area contributed by atoms with Crippen molar-refractivity contribution in [1.29, 1.82) is 0 Å². The largest absolute Gasteiger partial charge is 0.383 e. The highest BCUT2D eigenvalue weighted by Crippen LogP contribution is 2.45. The van der Waals surface area contributed by atoms with Gasteiger partial charge in [-0.2, -0.15) is 0 Å². The zero-order chi connectivity index (χ0) is 17.2. The summed E-state index contributed by atoms with van der Waals surface area (Å²) in [7, 11) is 1.97. The fraction of sp³-hybridized carbons (Fsp3) is 0.316. The van der Waals surface area contributed by atoms with E-state index in [4.69, 9.17) is 5.73 Å². The van der Waals surface area contributed by atoms with E-state index >= 15 is 0 Å². The van der Waals surface area contributed by atoms with Crippen LogP contribution in [-0.2, 0) is 0 Å².